The van der Waals surface area contributed by atoms with E-state index in [0.29, 0.717) is 16.0 Å². The van der Waals surface area contributed by atoms with Gasteiger partial charge in [-0.3, -0.25) is 4.57 Å². The van der Waals surface area contributed by atoms with Crippen LogP contribution < -0.4 is 40.0 Å². The number of benzene rings is 2. The Morgan fingerprint density at radius 3 is 2.15 bits per heavy atom. The largest absolute Gasteiger partial charge is 1.00 e. The zero-order chi connectivity index (χ0) is 18.8. The van der Waals surface area contributed by atoms with Crippen LogP contribution in [0.25, 0.3) is 0 Å². The minimum absolute atomic E-state index is 0. The summed E-state index contributed by atoms with van der Waals surface area (Å²) in [5.41, 5.74) is 1.62. The summed E-state index contributed by atoms with van der Waals surface area (Å²) in [4.78, 5) is 18.3. The molecular weight excluding hydrogens is 496 g/mol. The van der Waals surface area contributed by atoms with Crippen LogP contribution in [-0.2, 0) is 26.1 Å². The van der Waals surface area contributed by atoms with E-state index < -0.39 is 17.6 Å². The molecule has 0 unspecified atom stereocenters. The third-order valence-corrected chi connectivity index (χ3v) is 7.61. The number of rotatable bonds is 6. The quantitative estimate of drug-likeness (QED) is 0.373. The first kappa shape index (κ1) is 24.7. The molecule has 2 aromatic carbocycles. The number of hydrogen-bond acceptors (Lipinski definition) is 4. The van der Waals surface area contributed by atoms with Gasteiger partial charge in [0.05, 0.1) is 10.3 Å². The minimum Gasteiger partial charge on any atom is -0.321 e. The summed E-state index contributed by atoms with van der Waals surface area (Å²) in [6, 6.07) is 9.34. The van der Waals surface area contributed by atoms with Crippen LogP contribution in [-0.4, -0.2) is 18.2 Å². The van der Waals surface area contributed by atoms with Crippen molar-refractivity contribution in [3.63, 3.8) is 0 Å². The van der Waals surface area contributed by atoms with Crippen molar-refractivity contribution in [2.45, 2.75) is 16.4 Å². The predicted molar refractivity (Wildman–Crippen MR) is 104 cm³/mol. The maximum atomic E-state index is 11.5. The molecule has 0 saturated heterocycles. The molecule has 0 bridgehead atoms. The second-order valence-corrected chi connectivity index (χ2v) is 10.5. The van der Waals surface area contributed by atoms with Crippen LogP contribution in [0.5, 0.6) is 0 Å². The number of primary sulfonamides is 1. The van der Waals surface area contributed by atoms with E-state index in [1.54, 1.807) is 18.2 Å². The van der Waals surface area contributed by atoms with Crippen molar-refractivity contribution in [1.82, 2.24) is 0 Å². The molecule has 0 amide bonds. The zero-order valence-corrected chi connectivity index (χ0v) is 20.5. The Balaban J connectivity index is 0.00000338. The van der Waals surface area contributed by atoms with Crippen molar-refractivity contribution in [1.29, 1.82) is 0 Å². The molecule has 0 spiro atoms. The van der Waals surface area contributed by atoms with Gasteiger partial charge in [0, 0.05) is 16.0 Å². The first-order chi connectivity index (χ1) is 11.5. The summed E-state index contributed by atoms with van der Waals surface area (Å²) in [6.07, 6.45) is 0. The molecule has 0 fully saturated rings. The summed E-state index contributed by atoms with van der Waals surface area (Å²) < 4.78 is 34.6. The average molecular weight is 510 g/mol. The second-order valence-electron chi connectivity index (χ2n) is 5.13. The van der Waals surface area contributed by atoms with Crippen LogP contribution in [0.15, 0.2) is 45.8 Å². The molecule has 26 heavy (non-hydrogen) atoms. The fraction of sp³-hybridized carbons (Fsp3) is 0.143. The third-order valence-electron chi connectivity index (χ3n) is 3.17. The maximum Gasteiger partial charge on any atom is 1.00 e. The normalized spacial score (nSPS) is 11.9. The van der Waals surface area contributed by atoms with Gasteiger partial charge < -0.3 is 9.79 Å². The van der Waals surface area contributed by atoms with Crippen LogP contribution in [0.1, 0.15) is 11.1 Å². The molecule has 2 aromatic rings. The van der Waals surface area contributed by atoms with Gasteiger partial charge in [0.2, 0.25) is 10.0 Å². The Morgan fingerprint density at radius 1 is 1.12 bits per heavy atom. The molecule has 0 aliphatic carbocycles. The molecule has 0 atom stereocenters. The summed E-state index contributed by atoms with van der Waals surface area (Å²) >= 11 is 10.5. The first-order valence-corrected chi connectivity index (χ1v) is 12.2. The van der Waals surface area contributed by atoms with Crippen LogP contribution in [0.4, 0.5) is 0 Å². The summed E-state index contributed by atoms with van der Waals surface area (Å²) in [6.45, 7) is 0. The summed E-state index contributed by atoms with van der Waals surface area (Å²) in [7, 11) is -8.19. The van der Waals surface area contributed by atoms with Gasteiger partial charge in [-0.1, -0.05) is 23.7 Å². The monoisotopic (exact) mass is 508 g/mol. The van der Waals surface area contributed by atoms with E-state index in [-0.39, 0.29) is 44.8 Å². The molecule has 0 aliphatic heterocycles. The van der Waals surface area contributed by atoms with Gasteiger partial charge >= 0.3 is 37.2 Å². The fourth-order valence-corrected chi connectivity index (χ4v) is 5.78. The fourth-order valence-electron chi connectivity index (χ4n) is 2.02. The topological polar surface area (TPSA) is 118 Å². The van der Waals surface area contributed by atoms with Crippen molar-refractivity contribution in [2.24, 2.45) is 5.14 Å². The number of nitrogens with two attached hydrogens (primary N) is 1. The van der Waals surface area contributed by atoms with Gasteiger partial charge in [-0.05, 0) is 51.3 Å². The molecule has 12 heteroatoms. The number of thioether (sulfide) groups is 1. The Morgan fingerprint density at radius 2 is 1.65 bits per heavy atom. The molecule has 0 radical (unpaired) electrons. The third kappa shape index (κ3) is 6.90. The SMILES string of the molecule is NS(=O)(=O)c1cc(CSCc2ccc(P(=O)(O)O)c(Br)c2)ccc1Cl.[Na+]. The molecule has 136 valence electrons. The van der Waals surface area contributed by atoms with Crippen molar-refractivity contribution in [2.75, 3.05) is 0 Å². The van der Waals surface area contributed by atoms with E-state index in [9.17, 15) is 22.8 Å². The first-order valence-electron chi connectivity index (χ1n) is 6.72. The Kier molecular flexibility index (Phi) is 9.38. The van der Waals surface area contributed by atoms with Gasteiger partial charge in [0.15, 0.2) is 0 Å². The van der Waals surface area contributed by atoms with Crippen molar-refractivity contribution in [3.05, 3.63) is 57.0 Å². The van der Waals surface area contributed by atoms with Gasteiger partial charge in [-0.2, -0.15) is 11.8 Å². The molecule has 0 aliphatic rings. The smallest absolute Gasteiger partial charge is 0.321 e. The van der Waals surface area contributed by atoms with Gasteiger partial charge in [-0.25, -0.2) is 13.6 Å². The van der Waals surface area contributed by atoms with Crippen LogP contribution in [0, 0.1) is 0 Å². The van der Waals surface area contributed by atoms with E-state index >= 15 is 0 Å². The number of sulfonamides is 1. The molecule has 0 heterocycles. The number of hydrogen-bond donors (Lipinski definition) is 3. The maximum absolute atomic E-state index is 11.5. The van der Waals surface area contributed by atoms with Crippen LogP contribution in [0.2, 0.25) is 5.02 Å². The van der Waals surface area contributed by atoms with Gasteiger partial charge in [0.1, 0.15) is 4.90 Å². The van der Waals surface area contributed by atoms with Crippen LogP contribution in [0.3, 0.4) is 0 Å². The van der Waals surface area contributed by atoms with Crippen molar-refractivity contribution < 1.29 is 52.3 Å². The van der Waals surface area contributed by atoms with Crippen molar-refractivity contribution in [3.8, 4) is 0 Å². The van der Waals surface area contributed by atoms with E-state index in [1.165, 1.54) is 30.0 Å². The second kappa shape index (κ2) is 9.89. The standard InChI is InChI=1S/C14H14BrClNO5PS2.Na/c15-11-5-9(2-4-13(11)23(18,19)20)7-24-8-10-1-3-12(16)14(6-10)25(17,21)22;/h1-6H,7-8H2,(H2,17,21,22)(H2,18,19,20);/q;+1. The predicted octanol–water partition coefficient (Wildman–Crippen LogP) is -0.00970. The van der Waals surface area contributed by atoms with Crippen molar-refractivity contribution >= 4 is 62.2 Å². The van der Waals surface area contributed by atoms with Gasteiger partial charge in [-0.15, -0.1) is 0 Å². The summed E-state index contributed by atoms with van der Waals surface area (Å²) in [5.74, 6) is 1.10. The molecule has 4 N–H and O–H groups in total. The zero-order valence-electron chi connectivity index (χ0n) is 13.6. The molecule has 0 saturated carbocycles. The van der Waals surface area contributed by atoms with E-state index in [2.05, 4.69) is 15.9 Å². The molecule has 0 aromatic heterocycles. The van der Waals surface area contributed by atoms with Crippen LogP contribution >= 0.6 is 46.9 Å². The Labute approximate surface area is 191 Å². The Bertz CT molecular complexity index is 954. The average Bonchev–Trinajstić information content (AvgIpc) is 2.46. The molecule has 2 rings (SSSR count). The Hall–Kier alpha value is 0.620. The van der Waals surface area contributed by atoms with E-state index in [4.69, 9.17) is 16.7 Å². The van der Waals surface area contributed by atoms with Gasteiger partial charge in [0.25, 0.3) is 0 Å². The molecular formula is C14H14BrClNNaO5PS2+. The number of halogens is 2. The molecule has 6 nitrogen and oxygen atoms in total. The minimum atomic E-state index is -4.31. The summed E-state index contributed by atoms with van der Waals surface area (Å²) in [5, 5.41) is 5.14. The van der Waals surface area contributed by atoms with E-state index in [0.717, 1.165) is 11.1 Å². The van der Waals surface area contributed by atoms with E-state index in [1.807, 2.05) is 0 Å².